The topological polar surface area (TPSA) is 86.3 Å². The molecule has 0 atom stereocenters. The number of carbonyl (C=O) groups excluding carboxylic acids is 1. The first-order valence-corrected chi connectivity index (χ1v) is 8.99. The summed E-state index contributed by atoms with van der Waals surface area (Å²) in [5, 5.41) is 2.82. The third-order valence-electron chi connectivity index (χ3n) is 3.17. The summed E-state index contributed by atoms with van der Waals surface area (Å²) in [6, 6.07) is 0. The number of halogens is 3. The Morgan fingerprint density at radius 1 is 1.21 bits per heavy atom. The first-order valence-electron chi connectivity index (χ1n) is 7.59. The predicted molar refractivity (Wildman–Crippen MR) is 84.9 cm³/mol. The number of nitrogens with one attached hydrogen (secondary N) is 1. The van der Waals surface area contributed by atoms with Gasteiger partial charge in [-0.3, -0.25) is 4.79 Å². The van der Waals surface area contributed by atoms with E-state index in [0.717, 1.165) is 24.0 Å². The van der Waals surface area contributed by atoms with Crippen molar-refractivity contribution in [3.05, 3.63) is 12.7 Å². The van der Waals surface area contributed by atoms with Crippen molar-refractivity contribution in [1.29, 1.82) is 0 Å². The third-order valence-corrected chi connectivity index (χ3v) is 3.74. The second-order valence-electron chi connectivity index (χ2n) is 5.54. The molecule has 0 aromatic heterocycles. The molecule has 0 saturated heterocycles. The Balaban J connectivity index is 0. The van der Waals surface area contributed by atoms with E-state index in [1.165, 1.54) is 32.0 Å². The van der Waals surface area contributed by atoms with Crippen molar-refractivity contribution < 1.29 is 35.4 Å². The Kier molecular flexibility index (Phi) is 12.0. The van der Waals surface area contributed by atoms with E-state index in [0.29, 0.717) is 0 Å². The summed E-state index contributed by atoms with van der Waals surface area (Å²) in [5.41, 5.74) is -5.65. The lowest BCUT2D eigenvalue weighted by Crippen LogP contribution is -2.46. The van der Waals surface area contributed by atoms with Crippen LogP contribution >= 0.6 is 0 Å². The van der Waals surface area contributed by atoms with Crippen molar-refractivity contribution in [3.63, 3.8) is 0 Å². The standard InChI is InChI=1S/C13H26N2O.CHF3O3S/c1-5-10-15(4,11-6-2)12-8-9-14-13(16)7-3;2-1(3,4)8(5,6)7/h7H,3,5-6,8-12H2,1-2,4H3;(H,5,6,7). The van der Waals surface area contributed by atoms with Crippen LogP contribution in [0.15, 0.2) is 12.7 Å². The van der Waals surface area contributed by atoms with Gasteiger partial charge in [-0.1, -0.05) is 20.4 Å². The van der Waals surface area contributed by atoms with E-state index < -0.39 is 15.6 Å². The van der Waals surface area contributed by atoms with Gasteiger partial charge in [-0.2, -0.15) is 13.2 Å². The van der Waals surface area contributed by atoms with Crippen LogP contribution in [-0.4, -0.2) is 62.1 Å². The van der Waals surface area contributed by atoms with Gasteiger partial charge < -0.3 is 14.4 Å². The predicted octanol–water partition coefficient (Wildman–Crippen LogP) is 2.00. The van der Waals surface area contributed by atoms with Crippen molar-refractivity contribution in [3.8, 4) is 0 Å². The molecule has 0 spiro atoms. The molecular weight excluding hydrogens is 349 g/mol. The van der Waals surface area contributed by atoms with E-state index in [1.54, 1.807) is 0 Å². The van der Waals surface area contributed by atoms with Gasteiger partial charge in [-0.15, -0.1) is 0 Å². The molecule has 10 heteroatoms. The molecule has 1 amide bonds. The van der Waals surface area contributed by atoms with Crippen LogP contribution in [-0.2, 0) is 14.9 Å². The second kappa shape index (κ2) is 11.4. The summed E-state index contributed by atoms with van der Waals surface area (Å²) < 4.78 is 60.0. The molecule has 0 bridgehead atoms. The molecule has 144 valence electrons. The molecule has 0 saturated carbocycles. The first-order chi connectivity index (χ1) is 10.8. The average molecular weight is 376 g/mol. The zero-order chi connectivity index (χ0) is 19.4. The molecule has 0 aromatic carbocycles. The summed E-state index contributed by atoms with van der Waals surface area (Å²) in [6.45, 7) is 12.2. The van der Waals surface area contributed by atoms with Crippen molar-refractivity contribution >= 4 is 16.0 Å². The normalized spacial score (nSPS) is 12.1. The van der Waals surface area contributed by atoms with Crippen LogP contribution in [0.4, 0.5) is 13.2 Å². The molecule has 0 aliphatic heterocycles. The fraction of sp³-hybridized carbons (Fsp3) is 0.786. The zero-order valence-electron chi connectivity index (χ0n) is 14.4. The van der Waals surface area contributed by atoms with Gasteiger partial charge in [0.05, 0.1) is 26.7 Å². The lowest BCUT2D eigenvalue weighted by molar-refractivity contribution is -0.909. The molecule has 6 nitrogen and oxygen atoms in total. The minimum atomic E-state index is -6.09. The molecule has 0 unspecified atom stereocenters. The number of rotatable bonds is 9. The van der Waals surface area contributed by atoms with Crippen LogP contribution < -0.4 is 5.32 Å². The van der Waals surface area contributed by atoms with Gasteiger partial charge in [0.25, 0.3) is 0 Å². The highest BCUT2D eigenvalue weighted by atomic mass is 32.2. The second-order valence-corrected chi connectivity index (χ2v) is 6.91. The van der Waals surface area contributed by atoms with Crippen molar-refractivity contribution in [2.45, 2.75) is 38.6 Å². The van der Waals surface area contributed by atoms with E-state index in [-0.39, 0.29) is 5.91 Å². The van der Waals surface area contributed by atoms with Gasteiger partial charge in [0.15, 0.2) is 10.1 Å². The van der Waals surface area contributed by atoms with Gasteiger partial charge in [-0.25, -0.2) is 8.42 Å². The Morgan fingerprint density at radius 3 is 1.92 bits per heavy atom. The number of hydrogen-bond donors (Lipinski definition) is 1. The largest absolute Gasteiger partial charge is 0.741 e. The van der Waals surface area contributed by atoms with Crippen LogP contribution in [0.3, 0.4) is 0 Å². The maximum absolute atomic E-state index is 11.0. The molecule has 0 fully saturated rings. The van der Waals surface area contributed by atoms with Gasteiger partial charge in [0, 0.05) is 13.0 Å². The third kappa shape index (κ3) is 12.3. The Labute approximate surface area is 142 Å². The molecule has 0 rings (SSSR count). The fourth-order valence-corrected chi connectivity index (χ4v) is 2.16. The van der Waals surface area contributed by atoms with Gasteiger partial charge in [-0.05, 0) is 18.9 Å². The van der Waals surface area contributed by atoms with E-state index >= 15 is 0 Å². The zero-order valence-corrected chi connectivity index (χ0v) is 15.2. The molecule has 0 aliphatic rings. The van der Waals surface area contributed by atoms with E-state index in [9.17, 15) is 18.0 Å². The van der Waals surface area contributed by atoms with Crippen molar-refractivity contribution in [2.24, 2.45) is 0 Å². The summed E-state index contributed by atoms with van der Waals surface area (Å²) in [7, 11) is -3.78. The molecule has 24 heavy (non-hydrogen) atoms. The Morgan fingerprint density at radius 2 is 1.62 bits per heavy atom. The van der Waals surface area contributed by atoms with Gasteiger partial charge in [0.2, 0.25) is 5.91 Å². The Bertz CT molecular complexity index is 473. The molecule has 0 aromatic rings. The minimum absolute atomic E-state index is 0.0693. The van der Waals surface area contributed by atoms with E-state index in [2.05, 4.69) is 32.8 Å². The smallest absolute Gasteiger partial charge is 0.485 e. The quantitative estimate of drug-likeness (QED) is 0.219. The molecule has 1 N–H and O–H groups in total. The van der Waals surface area contributed by atoms with Crippen molar-refractivity contribution in [1.82, 2.24) is 5.32 Å². The average Bonchev–Trinajstić information content (AvgIpc) is 2.42. The number of amides is 1. The van der Waals surface area contributed by atoms with Crippen LogP contribution in [0.5, 0.6) is 0 Å². The SMILES string of the molecule is C=CC(=O)NCCC[N+](C)(CCC)CCC.O=S(=O)([O-])C(F)(F)F. The van der Waals surface area contributed by atoms with Gasteiger partial charge in [0.1, 0.15) is 0 Å². The number of carbonyl (C=O) groups is 1. The number of alkyl halides is 3. The lowest BCUT2D eigenvalue weighted by atomic mass is 10.2. The molecule has 0 heterocycles. The number of hydrogen-bond acceptors (Lipinski definition) is 4. The molecule has 0 aliphatic carbocycles. The van der Waals surface area contributed by atoms with Crippen LogP contribution in [0.1, 0.15) is 33.1 Å². The highest BCUT2D eigenvalue weighted by Crippen LogP contribution is 2.20. The minimum Gasteiger partial charge on any atom is -0.741 e. The monoisotopic (exact) mass is 376 g/mol. The van der Waals surface area contributed by atoms with Gasteiger partial charge >= 0.3 is 5.51 Å². The maximum atomic E-state index is 11.0. The summed E-state index contributed by atoms with van der Waals surface area (Å²) >= 11 is 0. The van der Waals surface area contributed by atoms with Crippen LogP contribution in [0.25, 0.3) is 0 Å². The maximum Gasteiger partial charge on any atom is 0.485 e. The lowest BCUT2D eigenvalue weighted by Gasteiger charge is -2.34. The highest BCUT2D eigenvalue weighted by Gasteiger charge is 2.36. The van der Waals surface area contributed by atoms with E-state index in [1.807, 2.05) is 0 Å². The van der Waals surface area contributed by atoms with Crippen molar-refractivity contribution in [2.75, 3.05) is 33.2 Å². The number of quaternary nitrogens is 1. The molecule has 0 radical (unpaired) electrons. The summed E-state index contributed by atoms with van der Waals surface area (Å²) in [5.74, 6) is -0.0693. The summed E-state index contributed by atoms with van der Waals surface area (Å²) in [6.07, 6.45) is 4.80. The first kappa shape index (κ1) is 25.1. The highest BCUT2D eigenvalue weighted by molar-refractivity contribution is 7.86. The Hall–Kier alpha value is -1.13. The number of nitrogens with zero attached hydrogens (tertiary/aromatic N) is 1. The van der Waals surface area contributed by atoms with Crippen LogP contribution in [0, 0.1) is 0 Å². The van der Waals surface area contributed by atoms with Crippen LogP contribution in [0.2, 0.25) is 0 Å². The molecular formula is C14H27F3N2O4S. The fourth-order valence-electron chi connectivity index (χ4n) is 2.16. The van der Waals surface area contributed by atoms with E-state index in [4.69, 9.17) is 13.0 Å². The summed E-state index contributed by atoms with van der Waals surface area (Å²) in [4.78, 5) is 11.0.